The van der Waals surface area contributed by atoms with Gasteiger partial charge >= 0.3 is 0 Å². The molecule has 3 aromatic rings. The molecule has 0 unspecified atom stereocenters. The molecule has 7 heteroatoms. The van der Waals surface area contributed by atoms with Crippen molar-refractivity contribution in [3.05, 3.63) is 69.6 Å². The Labute approximate surface area is 139 Å². The maximum Gasteiger partial charge on any atom is 0.272 e. The Morgan fingerprint density at radius 1 is 1.08 bits per heavy atom. The summed E-state index contributed by atoms with van der Waals surface area (Å²) in [6, 6.07) is 12.1. The second-order valence-electron chi connectivity index (χ2n) is 5.64. The van der Waals surface area contributed by atoms with Gasteiger partial charge in [0.2, 0.25) is 10.0 Å². The van der Waals surface area contributed by atoms with E-state index in [0.717, 1.165) is 5.56 Å². The van der Waals surface area contributed by atoms with Crippen molar-refractivity contribution >= 4 is 20.8 Å². The van der Waals surface area contributed by atoms with Crippen molar-refractivity contribution in [1.29, 1.82) is 0 Å². The van der Waals surface area contributed by atoms with Crippen LogP contribution in [-0.2, 0) is 16.6 Å². The van der Waals surface area contributed by atoms with Gasteiger partial charge in [0.1, 0.15) is 0 Å². The van der Waals surface area contributed by atoms with Crippen molar-refractivity contribution in [2.24, 2.45) is 0 Å². The fraction of sp³-hybridized carbons (Fsp3) is 0.176. The minimum Gasteiger partial charge on any atom is -0.267 e. The molecule has 0 aliphatic carbocycles. The zero-order valence-electron chi connectivity index (χ0n) is 13.3. The summed E-state index contributed by atoms with van der Waals surface area (Å²) in [4.78, 5) is 12.0. The van der Waals surface area contributed by atoms with Gasteiger partial charge in [-0.25, -0.2) is 18.2 Å². The first kappa shape index (κ1) is 16.4. The summed E-state index contributed by atoms with van der Waals surface area (Å²) in [6.07, 6.45) is 0. The van der Waals surface area contributed by atoms with Gasteiger partial charge in [-0.05, 0) is 31.5 Å². The predicted octanol–water partition coefficient (Wildman–Crippen LogP) is 2.02. The fourth-order valence-electron chi connectivity index (χ4n) is 2.65. The molecule has 24 heavy (non-hydrogen) atoms. The van der Waals surface area contributed by atoms with Crippen LogP contribution in [0.5, 0.6) is 0 Å². The topological polar surface area (TPSA) is 91.9 Å². The smallest absolute Gasteiger partial charge is 0.267 e. The number of rotatable bonds is 4. The molecule has 0 amide bonds. The molecule has 0 radical (unpaired) electrons. The van der Waals surface area contributed by atoms with Crippen molar-refractivity contribution in [2.75, 3.05) is 0 Å². The molecule has 3 rings (SSSR count). The highest BCUT2D eigenvalue weighted by Crippen LogP contribution is 2.17. The van der Waals surface area contributed by atoms with Crippen LogP contribution in [0.2, 0.25) is 0 Å². The third-order valence-electron chi connectivity index (χ3n) is 3.82. The van der Waals surface area contributed by atoms with Crippen LogP contribution in [0.15, 0.2) is 52.2 Å². The van der Waals surface area contributed by atoms with Crippen LogP contribution in [0, 0.1) is 13.8 Å². The molecule has 2 aromatic carbocycles. The quantitative estimate of drug-likeness (QED) is 0.758. The second-order valence-corrected chi connectivity index (χ2v) is 7.37. The van der Waals surface area contributed by atoms with E-state index < -0.39 is 10.0 Å². The van der Waals surface area contributed by atoms with Crippen LogP contribution in [0.4, 0.5) is 0 Å². The van der Waals surface area contributed by atoms with Crippen molar-refractivity contribution in [3.63, 3.8) is 0 Å². The molecule has 0 aliphatic rings. The number of nitrogens with zero attached hydrogens (tertiary/aromatic N) is 1. The third-order valence-corrected chi connectivity index (χ3v) is 5.39. The summed E-state index contributed by atoms with van der Waals surface area (Å²) in [6.45, 7) is 3.66. The summed E-state index contributed by atoms with van der Waals surface area (Å²) in [5, 5.41) is 7.48. The van der Waals surface area contributed by atoms with Crippen molar-refractivity contribution < 1.29 is 8.42 Å². The molecular weight excluding hydrogens is 326 g/mol. The molecule has 1 aromatic heterocycles. The van der Waals surface area contributed by atoms with Crippen LogP contribution < -0.4 is 10.3 Å². The van der Waals surface area contributed by atoms with E-state index in [-0.39, 0.29) is 17.0 Å². The highest BCUT2D eigenvalue weighted by atomic mass is 32.2. The van der Waals surface area contributed by atoms with E-state index in [9.17, 15) is 13.2 Å². The van der Waals surface area contributed by atoms with Crippen LogP contribution in [-0.4, -0.2) is 18.6 Å². The van der Waals surface area contributed by atoms with E-state index in [1.54, 1.807) is 43.3 Å². The van der Waals surface area contributed by atoms with Crippen LogP contribution in [0.3, 0.4) is 0 Å². The van der Waals surface area contributed by atoms with E-state index >= 15 is 0 Å². The van der Waals surface area contributed by atoms with E-state index in [1.807, 2.05) is 13.0 Å². The van der Waals surface area contributed by atoms with Gasteiger partial charge in [-0.15, -0.1) is 0 Å². The zero-order chi connectivity index (χ0) is 17.3. The number of H-pyrrole nitrogens is 1. The molecule has 0 saturated carbocycles. The van der Waals surface area contributed by atoms with Crippen LogP contribution >= 0.6 is 0 Å². The number of fused-ring (bicyclic) bond motifs is 1. The van der Waals surface area contributed by atoms with Gasteiger partial charge in [-0.1, -0.05) is 35.9 Å². The highest BCUT2D eigenvalue weighted by Gasteiger charge is 2.17. The molecule has 0 fully saturated rings. The number of hydrogen-bond acceptors (Lipinski definition) is 4. The molecule has 0 spiro atoms. The standard InChI is InChI=1S/C17H17N3O3S/c1-11-7-8-16(12(2)9-11)24(22,23)18-10-15-13-5-3-4-6-14(13)17(21)20-19-15/h3-9,18H,10H2,1-2H3,(H,20,21). The monoisotopic (exact) mass is 343 g/mol. The molecule has 1 heterocycles. The number of sulfonamides is 1. The van der Waals surface area contributed by atoms with Gasteiger partial charge < -0.3 is 0 Å². The lowest BCUT2D eigenvalue weighted by Crippen LogP contribution is -2.25. The average molecular weight is 343 g/mol. The minimum absolute atomic E-state index is 0.00700. The van der Waals surface area contributed by atoms with Crippen LogP contribution in [0.25, 0.3) is 10.8 Å². The van der Waals surface area contributed by atoms with Gasteiger partial charge in [0.25, 0.3) is 5.56 Å². The summed E-state index contributed by atoms with van der Waals surface area (Å²) in [7, 11) is -3.67. The molecule has 0 bridgehead atoms. The Morgan fingerprint density at radius 2 is 1.79 bits per heavy atom. The Bertz CT molecular complexity index is 1070. The van der Waals surface area contributed by atoms with E-state index in [4.69, 9.17) is 0 Å². The first-order valence-electron chi connectivity index (χ1n) is 7.42. The maximum atomic E-state index is 12.5. The normalized spacial score (nSPS) is 11.8. The molecule has 0 aliphatic heterocycles. The number of hydrogen-bond donors (Lipinski definition) is 2. The first-order valence-corrected chi connectivity index (χ1v) is 8.90. The van der Waals surface area contributed by atoms with Gasteiger partial charge in [0.15, 0.2) is 0 Å². The lowest BCUT2D eigenvalue weighted by atomic mass is 10.1. The Hall–Kier alpha value is -2.51. The number of aryl methyl sites for hydroxylation is 2. The maximum absolute atomic E-state index is 12.5. The van der Waals surface area contributed by atoms with Gasteiger partial charge in [0, 0.05) is 5.39 Å². The Kier molecular flexibility index (Phi) is 4.21. The van der Waals surface area contributed by atoms with Crippen LogP contribution in [0.1, 0.15) is 16.8 Å². The molecule has 0 atom stereocenters. The predicted molar refractivity (Wildman–Crippen MR) is 92.3 cm³/mol. The van der Waals surface area contributed by atoms with Gasteiger partial charge in [-0.2, -0.15) is 5.10 Å². The molecule has 0 saturated heterocycles. The number of aromatic amines is 1. The summed E-state index contributed by atoms with van der Waals surface area (Å²) < 4.78 is 27.6. The van der Waals surface area contributed by atoms with Crippen molar-refractivity contribution in [1.82, 2.24) is 14.9 Å². The van der Waals surface area contributed by atoms with Crippen molar-refractivity contribution in [3.8, 4) is 0 Å². The SMILES string of the molecule is Cc1ccc(S(=O)(=O)NCc2n[nH]c(=O)c3ccccc23)c(C)c1. The summed E-state index contributed by atoms with van der Waals surface area (Å²) in [5.74, 6) is 0. The first-order chi connectivity index (χ1) is 11.4. The Morgan fingerprint density at radius 3 is 2.50 bits per heavy atom. The third kappa shape index (κ3) is 3.08. The van der Waals surface area contributed by atoms with Gasteiger partial charge in [0.05, 0.1) is 22.5 Å². The van der Waals surface area contributed by atoms with Gasteiger partial charge in [-0.3, -0.25) is 4.79 Å². The van der Waals surface area contributed by atoms with Crippen molar-refractivity contribution in [2.45, 2.75) is 25.3 Å². The highest BCUT2D eigenvalue weighted by molar-refractivity contribution is 7.89. The molecule has 6 nitrogen and oxygen atoms in total. The number of aromatic nitrogens is 2. The van der Waals surface area contributed by atoms with E-state index in [1.165, 1.54) is 0 Å². The molecular formula is C17H17N3O3S. The second kappa shape index (κ2) is 6.18. The minimum atomic E-state index is -3.67. The average Bonchev–Trinajstić information content (AvgIpc) is 2.54. The summed E-state index contributed by atoms with van der Waals surface area (Å²) >= 11 is 0. The lowest BCUT2D eigenvalue weighted by Gasteiger charge is -2.10. The summed E-state index contributed by atoms with van der Waals surface area (Å²) in [5.41, 5.74) is 1.85. The zero-order valence-corrected chi connectivity index (χ0v) is 14.1. The lowest BCUT2D eigenvalue weighted by molar-refractivity contribution is 0.579. The van der Waals surface area contributed by atoms with E-state index in [0.29, 0.717) is 22.0 Å². The fourth-order valence-corrected chi connectivity index (χ4v) is 3.86. The number of benzene rings is 2. The van der Waals surface area contributed by atoms with E-state index in [2.05, 4.69) is 14.9 Å². The molecule has 124 valence electrons. The number of nitrogens with one attached hydrogen (secondary N) is 2. The Balaban J connectivity index is 1.93. The largest absolute Gasteiger partial charge is 0.272 e. The molecule has 2 N–H and O–H groups in total.